The minimum Gasteiger partial charge on any atom is -0.331 e. The predicted molar refractivity (Wildman–Crippen MR) is 62.8 cm³/mol. The van der Waals surface area contributed by atoms with Gasteiger partial charge in [0.25, 0.3) is 5.91 Å². The van der Waals surface area contributed by atoms with Crippen molar-refractivity contribution < 1.29 is 14.4 Å². The Kier molecular flexibility index (Phi) is 5.93. The summed E-state index contributed by atoms with van der Waals surface area (Å²) in [6.07, 6.45) is 2.69. The Balaban J connectivity index is 2.40. The van der Waals surface area contributed by atoms with Crippen LogP contribution < -0.4 is 11.2 Å². The zero-order valence-electron chi connectivity index (χ0n) is 10.3. The molecule has 98 valence electrons. The van der Waals surface area contributed by atoms with Gasteiger partial charge in [-0.3, -0.25) is 14.4 Å². The van der Waals surface area contributed by atoms with E-state index in [1.165, 1.54) is 0 Å². The number of hydrogen-bond acceptors (Lipinski definition) is 4. The summed E-state index contributed by atoms with van der Waals surface area (Å²) in [5, 5.41) is 0. The van der Waals surface area contributed by atoms with Crippen LogP contribution >= 0.6 is 0 Å². The van der Waals surface area contributed by atoms with Crippen molar-refractivity contribution in [3.05, 3.63) is 0 Å². The van der Waals surface area contributed by atoms with E-state index in [4.69, 9.17) is 10.6 Å². The summed E-state index contributed by atoms with van der Waals surface area (Å²) in [7, 11) is 0. The number of carbonyl (C=O) groups is 2. The molecule has 1 saturated heterocycles. The summed E-state index contributed by atoms with van der Waals surface area (Å²) in [5.41, 5.74) is 7.69. The first-order valence-electron chi connectivity index (χ1n) is 6.11. The molecule has 0 spiro atoms. The van der Waals surface area contributed by atoms with E-state index in [0.717, 1.165) is 6.42 Å². The average Bonchev–Trinajstić information content (AvgIpc) is 2.34. The smallest absolute Gasteiger partial charge is 0.266 e. The summed E-state index contributed by atoms with van der Waals surface area (Å²) in [6, 6.07) is -0.390. The van der Waals surface area contributed by atoms with E-state index in [1.54, 1.807) is 4.90 Å². The molecule has 3 N–H and O–H groups in total. The van der Waals surface area contributed by atoms with Crippen molar-refractivity contribution >= 4 is 11.8 Å². The van der Waals surface area contributed by atoms with Crippen LogP contribution in [-0.2, 0) is 14.4 Å². The summed E-state index contributed by atoms with van der Waals surface area (Å²) in [6.45, 7) is 3.35. The first kappa shape index (κ1) is 13.9. The monoisotopic (exact) mass is 243 g/mol. The molecule has 6 heteroatoms. The number of piperidine rings is 1. The number of hydroxylamine groups is 1. The second-order valence-electron chi connectivity index (χ2n) is 4.04. The second-order valence-corrected chi connectivity index (χ2v) is 4.04. The molecule has 2 amide bonds. The van der Waals surface area contributed by atoms with Crippen molar-refractivity contribution in [2.24, 2.45) is 5.73 Å². The molecule has 1 aliphatic rings. The van der Waals surface area contributed by atoms with E-state index in [-0.39, 0.29) is 17.9 Å². The molecule has 0 aromatic rings. The molecule has 1 aliphatic heterocycles. The van der Waals surface area contributed by atoms with Gasteiger partial charge >= 0.3 is 0 Å². The molecule has 0 saturated carbocycles. The minimum atomic E-state index is -0.390. The van der Waals surface area contributed by atoms with Crippen LogP contribution in [0.3, 0.4) is 0 Å². The summed E-state index contributed by atoms with van der Waals surface area (Å²) < 4.78 is 0. The molecule has 0 aromatic heterocycles. The lowest BCUT2D eigenvalue weighted by Crippen LogP contribution is -2.51. The number of rotatable bonds is 6. The van der Waals surface area contributed by atoms with Gasteiger partial charge in [0.05, 0.1) is 6.61 Å². The fourth-order valence-corrected chi connectivity index (χ4v) is 1.93. The highest BCUT2D eigenvalue weighted by Crippen LogP contribution is 2.17. The number of likely N-dealkylation sites (N-methyl/N-ethyl adjacent to an activating group) is 1. The highest BCUT2D eigenvalue weighted by molar-refractivity contribution is 5.88. The summed E-state index contributed by atoms with van der Waals surface area (Å²) >= 11 is 0. The van der Waals surface area contributed by atoms with Gasteiger partial charge in [0, 0.05) is 13.0 Å². The average molecular weight is 243 g/mol. The van der Waals surface area contributed by atoms with E-state index < -0.39 is 0 Å². The van der Waals surface area contributed by atoms with E-state index in [2.05, 4.69) is 5.48 Å². The number of nitrogens with two attached hydrogens (primary N) is 1. The molecule has 1 atom stereocenters. The molecule has 0 aromatic carbocycles. The molecule has 0 unspecified atom stereocenters. The fraction of sp³-hybridized carbons (Fsp3) is 0.818. The molecule has 0 aliphatic carbocycles. The van der Waals surface area contributed by atoms with Gasteiger partial charge in [0.1, 0.15) is 6.04 Å². The number of nitrogens with one attached hydrogen (secondary N) is 1. The van der Waals surface area contributed by atoms with Gasteiger partial charge in [0.2, 0.25) is 5.91 Å². The molecule has 0 radical (unpaired) electrons. The van der Waals surface area contributed by atoms with E-state index >= 15 is 0 Å². The Bertz CT molecular complexity index is 271. The number of likely N-dealkylation sites (tertiary alicyclic amines) is 1. The maximum Gasteiger partial charge on any atom is 0.266 e. The lowest BCUT2D eigenvalue weighted by molar-refractivity contribution is -0.149. The Hall–Kier alpha value is -1.14. The number of carbonyl (C=O) groups excluding carboxylic acids is 2. The first-order valence-corrected chi connectivity index (χ1v) is 6.11. The van der Waals surface area contributed by atoms with Gasteiger partial charge in [-0.15, -0.1) is 0 Å². The van der Waals surface area contributed by atoms with Gasteiger partial charge in [-0.25, -0.2) is 5.48 Å². The third kappa shape index (κ3) is 3.98. The van der Waals surface area contributed by atoms with Crippen molar-refractivity contribution in [3.63, 3.8) is 0 Å². The molecule has 0 bridgehead atoms. The van der Waals surface area contributed by atoms with Crippen molar-refractivity contribution in [2.75, 3.05) is 19.7 Å². The number of hydrogen-bond donors (Lipinski definition) is 2. The highest BCUT2D eigenvalue weighted by Gasteiger charge is 2.32. The van der Waals surface area contributed by atoms with Gasteiger partial charge in [-0.2, -0.15) is 0 Å². The molecule has 1 fully saturated rings. The molecular weight excluding hydrogens is 222 g/mol. The Morgan fingerprint density at radius 2 is 2.41 bits per heavy atom. The fourth-order valence-electron chi connectivity index (χ4n) is 1.93. The van der Waals surface area contributed by atoms with Crippen molar-refractivity contribution in [2.45, 2.75) is 38.6 Å². The molecular formula is C11H21N3O3. The second kappa shape index (κ2) is 7.24. The van der Waals surface area contributed by atoms with Crippen LogP contribution in [0.25, 0.3) is 0 Å². The van der Waals surface area contributed by atoms with E-state index in [1.807, 2.05) is 6.92 Å². The highest BCUT2D eigenvalue weighted by atomic mass is 16.6. The van der Waals surface area contributed by atoms with Gasteiger partial charge in [-0.05, 0) is 32.7 Å². The largest absolute Gasteiger partial charge is 0.331 e. The number of nitrogens with zero attached hydrogens (tertiary/aromatic N) is 1. The Morgan fingerprint density at radius 3 is 3.06 bits per heavy atom. The van der Waals surface area contributed by atoms with Crippen molar-refractivity contribution in [1.29, 1.82) is 0 Å². The van der Waals surface area contributed by atoms with Crippen LogP contribution in [0.2, 0.25) is 0 Å². The van der Waals surface area contributed by atoms with Crippen LogP contribution in [0.15, 0.2) is 0 Å². The summed E-state index contributed by atoms with van der Waals surface area (Å²) in [4.78, 5) is 30.0. The van der Waals surface area contributed by atoms with E-state index in [0.29, 0.717) is 39.0 Å². The van der Waals surface area contributed by atoms with Crippen LogP contribution in [0.1, 0.15) is 32.6 Å². The number of amides is 2. The Labute approximate surface area is 101 Å². The van der Waals surface area contributed by atoms with Crippen LogP contribution in [0, 0.1) is 0 Å². The van der Waals surface area contributed by atoms with Gasteiger partial charge < -0.3 is 10.6 Å². The van der Waals surface area contributed by atoms with Crippen molar-refractivity contribution in [1.82, 2.24) is 10.4 Å². The van der Waals surface area contributed by atoms with E-state index in [9.17, 15) is 9.59 Å². The quantitative estimate of drug-likeness (QED) is 0.499. The maximum absolute atomic E-state index is 11.8. The predicted octanol–water partition coefficient (Wildman–Crippen LogP) is -0.216. The third-order valence-electron chi connectivity index (χ3n) is 2.83. The standard InChI is InChI=1S/C11H21N3O3/c1-2-14-9(5-3-6-10(14)15)11(16)13-17-8-4-7-12/h9H,2-8,12H2,1H3,(H,13,16)/t9-/m0/s1. The third-order valence-corrected chi connectivity index (χ3v) is 2.83. The molecule has 17 heavy (non-hydrogen) atoms. The summed E-state index contributed by atoms with van der Waals surface area (Å²) in [5.74, 6) is -0.197. The molecule has 1 heterocycles. The minimum absolute atomic E-state index is 0.0425. The maximum atomic E-state index is 11.8. The lowest BCUT2D eigenvalue weighted by Gasteiger charge is -2.33. The molecule has 6 nitrogen and oxygen atoms in total. The van der Waals surface area contributed by atoms with Gasteiger partial charge in [-0.1, -0.05) is 0 Å². The van der Waals surface area contributed by atoms with Gasteiger partial charge in [0.15, 0.2) is 0 Å². The topological polar surface area (TPSA) is 84.7 Å². The normalized spacial score (nSPS) is 20.5. The first-order chi connectivity index (χ1) is 8.20. The van der Waals surface area contributed by atoms with Crippen molar-refractivity contribution in [3.8, 4) is 0 Å². The molecule has 1 rings (SSSR count). The zero-order chi connectivity index (χ0) is 12.7. The SMILES string of the molecule is CCN1C(=O)CCC[C@H]1C(=O)NOCCCN. The Morgan fingerprint density at radius 1 is 1.65 bits per heavy atom. The zero-order valence-corrected chi connectivity index (χ0v) is 10.3. The van der Waals surface area contributed by atoms with Crippen LogP contribution in [0.5, 0.6) is 0 Å². The van der Waals surface area contributed by atoms with Crippen LogP contribution in [0.4, 0.5) is 0 Å². The lowest BCUT2D eigenvalue weighted by atomic mass is 10.0. The van der Waals surface area contributed by atoms with Crippen LogP contribution in [-0.4, -0.2) is 42.5 Å².